The lowest BCUT2D eigenvalue weighted by Crippen LogP contribution is -2.26. The summed E-state index contributed by atoms with van der Waals surface area (Å²) in [6.07, 6.45) is 1.11. The van der Waals surface area contributed by atoms with Crippen molar-refractivity contribution in [2.75, 3.05) is 10.6 Å². The molecule has 3 aromatic rings. The van der Waals surface area contributed by atoms with Crippen molar-refractivity contribution in [2.24, 2.45) is 0 Å². The fraction of sp³-hybridized carbons (Fsp3) is 0.192. The van der Waals surface area contributed by atoms with Gasteiger partial charge >= 0.3 is 0 Å². The summed E-state index contributed by atoms with van der Waals surface area (Å²) in [5.74, 6) is 0.145. The predicted molar refractivity (Wildman–Crippen MR) is 125 cm³/mol. The van der Waals surface area contributed by atoms with Crippen LogP contribution in [-0.4, -0.2) is 10.7 Å². The fourth-order valence-electron chi connectivity index (χ4n) is 4.63. The number of nitro groups is 1. The lowest BCUT2D eigenvalue weighted by Gasteiger charge is -2.30. The molecule has 6 heteroatoms. The monoisotopic (exact) mass is 425 g/mol. The Hall–Kier alpha value is -3.93. The number of nitro benzene ring substituents is 1. The number of benzene rings is 3. The van der Waals surface area contributed by atoms with Crippen LogP contribution in [0, 0.1) is 17.0 Å². The third kappa shape index (κ3) is 3.64. The average molecular weight is 425 g/mol. The van der Waals surface area contributed by atoms with Gasteiger partial charge < -0.3 is 10.6 Å². The zero-order valence-electron chi connectivity index (χ0n) is 17.7. The Morgan fingerprint density at radius 1 is 0.906 bits per heavy atom. The van der Waals surface area contributed by atoms with Crippen molar-refractivity contribution in [1.82, 2.24) is 0 Å². The first kappa shape index (κ1) is 20.0. The molecule has 32 heavy (non-hydrogen) atoms. The molecule has 0 amide bonds. The molecular formula is C26H23N3O3. The van der Waals surface area contributed by atoms with Crippen LogP contribution in [0.5, 0.6) is 0 Å². The van der Waals surface area contributed by atoms with Gasteiger partial charge in [-0.05, 0) is 42.5 Å². The van der Waals surface area contributed by atoms with Crippen molar-refractivity contribution in [1.29, 1.82) is 0 Å². The van der Waals surface area contributed by atoms with E-state index in [-0.39, 0.29) is 17.4 Å². The minimum absolute atomic E-state index is 0.0118. The summed E-state index contributed by atoms with van der Waals surface area (Å²) in [6.45, 7) is 2.05. The zero-order chi connectivity index (χ0) is 22.2. The van der Waals surface area contributed by atoms with Gasteiger partial charge in [0.25, 0.3) is 5.69 Å². The molecule has 6 nitrogen and oxygen atoms in total. The first-order chi connectivity index (χ1) is 15.5. The van der Waals surface area contributed by atoms with Gasteiger partial charge in [0.1, 0.15) is 0 Å². The van der Waals surface area contributed by atoms with E-state index in [4.69, 9.17) is 0 Å². The molecule has 160 valence electrons. The number of allylic oxidation sites excluding steroid dienone is 1. The third-order valence-electron chi connectivity index (χ3n) is 6.27. The molecule has 2 atom stereocenters. The number of non-ortho nitro benzene ring substituents is 1. The Morgan fingerprint density at radius 2 is 1.66 bits per heavy atom. The van der Waals surface area contributed by atoms with E-state index in [9.17, 15) is 14.9 Å². The number of hydrogen-bond donors (Lipinski definition) is 2. The second kappa shape index (κ2) is 7.96. The third-order valence-corrected chi connectivity index (χ3v) is 6.27. The van der Waals surface area contributed by atoms with Crippen molar-refractivity contribution in [3.8, 4) is 0 Å². The van der Waals surface area contributed by atoms with E-state index in [1.807, 2.05) is 30.3 Å². The lowest BCUT2D eigenvalue weighted by molar-refractivity contribution is -0.384. The lowest BCUT2D eigenvalue weighted by atomic mass is 9.78. The highest BCUT2D eigenvalue weighted by Gasteiger charge is 2.36. The molecule has 1 aliphatic heterocycles. The summed E-state index contributed by atoms with van der Waals surface area (Å²) < 4.78 is 0. The zero-order valence-corrected chi connectivity index (χ0v) is 17.7. The van der Waals surface area contributed by atoms with Gasteiger partial charge in [0.15, 0.2) is 5.78 Å². The van der Waals surface area contributed by atoms with Crippen molar-refractivity contribution in [2.45, 2.75) is 31.7 Å². The number of Topliss-reactive ketones (excluding diaryl/α,β-unsaturated/α-hetero) is 1. The summed E-state index contributed by atoms with van der Waals surface area (Å²) in [5.41, 5.74) is 6.33. The topological polar surface area (TPSA) is 84.3 Å². The number of rotatable bonds is 3. The maximum Gasteiger partial charge on any atom is 0.269 e. The van der Waals surface area contributed by atoms with Gasteiger partial charge in [-0.3, -0.25) is 14.9 Å². The van der Waals surface area contributed by atoms with Gasteiger partial charge in [0.2, 0.25) is 0 Å². The number of carbonyl (C=O) groups excluding carboxylic acids is 1. The van der Waals surface area contributed by atoms with Crippen molar-refractivity contribution >= 4 is 22.8 Å². The minimum atomic E-state index is -0.465. The fourth-order valence-corrected chi connectivity index (χ4v) is 4.63. The van der Waals surface area contributed by atoms with Crippen LogP contribution < -0.4 is 10.6 Å². The van der Waals surface area contributed by atoms with E-state index in [2.05, 4.69) is 41.8 Å². The van der Waals surface area contributed by atoms with Gasteiger partial charge in [0, 0.05) is 29.8 Å². The van der Waals surface area contributed by atoms with Gasteiger partial charge in [-0.1, -0.05) is 54.1 Å². The number of anilines is 2. The first-order valence-electron chi connectivity index (χ1n) is 10.7. The summed E-state index contributed by atoms with van der Waals surface area (Å²) >= 11 is 0. The Balaban J connectivity index is 1.61. The maximum atomic E-state index is 13.5. The molecule has 0 radical (unpaired) electrons. The van der Waals surface area contributed by atoms with Crippen molar-refractivity contribution in [3.63, 3.8) is 0 Å². The predicted octanol–water partition coefficient (Wildman–Crippen LogP) is 5.88. The number of fused-ring (bicyclic) bond motifs is 1. The number of nitrogens with one attached hydrogen (secondary N) is 2. The molecular weight excluding hydrogens is 402 g/mol. The van der Waals surface area contributed by atoms with Crippen LogP contribution in [0.1, 0.15) is 41.5 Å². The molecule has 2 N–H and O–H groups in total. The van der Waals surface area contributed by atoms with E-state index < -0.39 is 11.0 Å². The normalized spacial score (nSPS) is 19.8. The summed E-state index contributed by atoms with van der Waals surface area (Å²) in [6, 6.07) is 22.2. The Labute approximate surface area is 186 Å². The van der Waals surface area contributed by atoms with Crippen LogP contribution in [0.25, 0.3) is 0 Å². The molecule has 0 bridgehead atoms. The van der Waals surface area contributed by atoms with Crippen molar-refractivity contribution in [3.05, 3.63) is 111 Å². The standard InChI is InChI=1S/C26H23N3O3/c1-16-9-11-17(12-10-16)19-14-23-25(24(30)15-19)26(18-5-4-6-20(13-18)29(31)32)28-22-8-3-2-7-21(22)27-23/h2-13,19,26-28H,14-15H2,1H3/t19-,26-/m0/s1. The van der Waals surface area contributed by atoms with Crippen LogP contribution in [0.2, 0.25) is 0 Å². The van der Waals surface area contributed by atoms with Crippen LogP contribution in [0.4, 0.5) is 17.1 Å². The number of nitrogens with zero attached hydrogens (tertiary/aromatic N) is 1. The second-order valence-corrected chi connectivity index (χ2v) is 8.43. The Kier molecular flexibility index (Phi) is 4.98. The average Bonchev–Trinajstić information content (AvgIpc) is 2.96. The summed E-state index contributed by atoms with van der Waals surface area (Å²) in [7, 11) is 0. The van der Waals surface area contributed by atoms with Gasteiger partial charge in [0.05, 0.1) is 22.3 Å². The Bertz CT molecular complexity index is 1250. The molecule has 1 heterocycles. The SMILES string of the molecule is Cc1ccc([C@@H]2CC(=O)C3=C(C2)Nc2ccccc2N[C@H]3c2cccc([N+](=O)[O-])c2)cc1. The number of carbonyl (C=O) groups is 1. The molecule has 0 saturated carbocycles. The second-order valence-electron chi connectivity index (χ2n) is 8.43. The number of para-hydroxylation sites is 2. The van der Waals surface area contributed by atoms with Gasteiger partial charge in [-0.25, -0.2) is 0 Å². The minimum Gasteiger partial charge on any atom is -0.372 e. The van der Waals surface area contributed by atoms with E-state index in [1.165, 1.54) is 11.6 Å². The molecule has 0 saturated heterocycles. The largest absolute Gasteiger partial charge is 0.372 e. The highest BCUT2D eigenvalue weighted by Crippen LogP contribution is 2.44. The van der Waals surface area contributed by atoms with Crippen LogP contribution in [-0.2, 0) is 4.79 Å². The maximum absolute atomic E-state index is 13.5. The van der Waals surface area contributed by atoms with Gasteiger partial charge in [-0.2, -0.15) is 0 Å². The van der Waals surface area contributed by atoms with E-state index in [1.54, 1.807) is 12.1 Å². The smallest absolute Gasteiger partial charge is 0.269 e. The van der Waals surface area contributed by atoms with Crippen LogP contribution >= 0.6 is 0 Å². The molecule has 0 aromatic heterocycles. The molecule has 0 unspecified atom stereocenters. The molecule has 5 rings (SSSR count). The molecule has 0 fully saturated rings. The molecule has 2 aliphatic rings. The highest BCUT2D eigenvalue weighted by molar-refractivity contribution is 6.01. The van der Waals surface area contributed by atoms with E-state index >= 15 is 0 Å². The molecule has 3 aromatic carbocycles. The number of aryl methyl sites for hydroxylation is 1. The number of ketones is 1. The summed E-state index contributed by atoms with van der Waals surface area (Å²) in [5, 5.41) is 18.3. The molecule has 1 aliphatic carbocycles. The number of hydrogen-bond acceptors (Lipinski definition) is 5. The van der Waals surface area contributed by atoms with Crippen molar-refractivity contribution < 1.29 is 9.72 Å². The van der Waals surface area contributed by atoms with E-state index in [0.717, 1.165) is 22.6 Å². The quantitative estimate of drug-likeness (QED) is 0.404. The summed E-state index contributed by atoms with van der Waals surface area (Å²) in [4.78, 5) is 24.5. The Morgan fingerprint density at radius 3 is 2.41 bits per heavy atom. The first-order valence-corrected chi connectivity index (χ1v) is 10.7. The van der Waals surface area contributed by atoms with Crippen LogP contribution in [0.3, 0.4) is 0 Å². The van der Waals surface area contributed by atoms with Gasteiger partial charge in [-0.15, -0.1) is 0 Å². The molecule has 0 spiro atoms. The van der Waals surface area contributed by atoms with E-state index in [0.29, 0.717) is 24.0 Å². The van der Waals surface area contributed by atoms with Crippen LogP contribution in [0.15, 0.2) is 84.1 Å². The highest BCUT2D eigenvalue weighted by atomic mass is 16.6.